The van der Waals surface area contributed by atoms with Crippen LogP contribution in [0.2, 0.25) is 0 Å². The SMILES string of the molecule is C1=C(COCCOc2cc(OCCOCC3=CO3)c3ccc(C45CC6CC(CC(C6)C4)C5)c(C45CC6CC(CC(C6)C4)C5)c3c2)O1. The highest BCUT2D eigenvalue weighted by Gasteiger charge is 2.57. The van der Waals surface area contributed by atoms with Crippen molar-refractivity contribution in [3.8, 4) is 11.5 Å². The molecule has 244 valence electrons. The summed E-state index contributed by atoms with van der Waals surface area (Å²) in [4.78, 5) is 0. The molecule has 0 spiro atoms. The second-order valence-corrected chi connectivity index (χ2v) is 16.6. The Kier molecular flexibility index (Phi) is 6.72. The Bertz CT molecular complexity index is 1520. The molecule has 8 bridgehead atoms. The van der Waals surface area contributed by atoms with E-state index >= 15 is 0 Å². The molecule has 6 heteroatoms. The molecule has 12 rings (SSSR count). The first-order chi connectivity index (χ1) is 22.6. The minimum Gasteiger partial charge on any atom is -0.491 e. The highest BCUT2D eigenvalue weighted by molar-refractivity contribution is 5.94. The summed E-state index contributed by atoms with van der Waals surface area (Å²) in [5, 5.41) is 2.64. The van der Waals surface area contributed by atoms with E-state index in [0.29, 0.717) is 45.1 Å². The van der Waals surface area contributed by atoms with Gasteiger partial charge in [0.1, 0.15) is 50.5 Å². The Morgan fingerprint density at radius 3 is 1.59 bits per heavy atom. The van der Waals surface area contributed by atoms with E-state index in [1.807, 2.05) is 0 Å². The smallest absolute Gasteiger partial charge is 0.164 e. The van der Waals surface area contributed by atoms with Crippen molar-refractivity contribution < 1.29 is 28.4 Å². The maximum absolute atomic E-state index is 6.57. The molecule has 0 N–H and O–H groups in total. The third kappa shape index (κ3) is 5.13. The maximum Gasteiger partial charge on any atom is 0.164 e. The molecule has 8 aliphatic carbocycles. The molecule has 2 aliphatic heterocycles. The Morgan fingerprint density at radius 1 is 0.565 bits per heavy atom. The molecular formula is C40H48O6. The highest BCUT2D eigenvalue weighted by Crippen LogP contribution is 2.66. The summed E-state index contributed by atoms with van der Waals surface area (Å²) < 4.78 is 34.8. The van der Waals surface area contributed by atoms with Crippen LogP contribution in [0.1, 0.15) is 88.2 Å². The zero-order valence-electron chi connectivity index (χ0n) is 27.1. The zero-order chi connectivity index (χ0) is 30.3. The molecule has 0 aromatic heterocycles. The molecule has 0 saturated heterocycles. The van der Waals surface area contributed by atoms with Crippen molar-refractivity contribution in [2.45, 2.75) is 87.9 Å². The van der Waals surface area contributed by atoms with E-state index in [9.17, 15) is 0 Å². The van der Waals surface area contributed by atoms with Gasteiger partial charge in [-0.2, -0.15) is 0 Å². The van der Waals surface area contributed by atoms with E-state index in [1.165, 1.54) is 87.8 Å². The van der Waals surface area contributed by atoms with Crippen molar-refractivity contribution in [1.82, 2.24) is 0 Å². The number of ether oxygens (including phenoxy) is 6. The lowest BCUT2D eigenvalue weighted by Gasteiger charge is -2.61. The van der Waals surface area contributed by atoms with Gasteiger partial charge >= 0.3 is 0 Å². The third-order valence-corrected chi connectivity index (χ3v) is 13.3. The lowest BCUT2D eigenvalue weighted by molar-refractivity contribution is -0.0168. The van der Waals surface area contributed by atoms with Crippen molar-refractivity contribution in [2.24, 2.45) is 35.5 Å². The molecule has 8 saturated carbocycles. The molecule has 46 heavy (non-hydrogen) atoms. The van der Waals surface area contributed by atoms with Gasteiger partial charge in [-0.05, 0) is 146 Å². The van der Waals surface area contributed by atoms with E-state index < -0.39 is 0 Å². The molecule has 2 aromatic rings. The average Bonchev–Trinajstić information content (AvgIpc) is 3.95. The molecule has 0 unspecified atom stereocenters. The van der Waals surface area contributed by atoms with Gasteiger partial charge in [-0.1, -0.05) is 12.1 Å². The fourth-order valence-corrected chi connectivity index (χ4v) is 12.4. The van der Waals surface area contributed by atoms with Crippen LogP contribution in [0.25, 0.3) is 10.8 Å². The van der Waals surface area contributed by atoms with Crippen molar-refractivity contribution in [1.29, 1.82) is 0 Å². The quantitative estimate of drug-likeness (QED) is 0.197. The van der Waals surface area contributed by atoms with E-state index in [-0.39, 0.29) is 5.41 Å². The number of hydrogen-bond donors (Lipinski definition) is 0. The largest absolute Gasteiger partial charge is 0.491 e. The first kappa shape index (κ1) is 28.3. The van der Waals surface area contributed by atoms with Gasteiger partial charge in [-0.15, -0.1) is 0 Å². The van der Waals surface area contributed by atoms with Crippen LogP contribution in [0.5, 0.6) is 11.5 Å². The van der Waals surface area contributed by atoms with Crippen LogP contribution < -0.4 is 9.47 Å². The van der Waals surface area contributed by atoms with Gasteiger partial charge in [-0.25, -0.2) is 0 Å². The minimum absolute atomic E-state index is 0.283. The summed E-state index contributed by atoms with van der Waals surface area (Å²) in [6, 6.07) is 9.52. The van der Waals surface area contributed by atoms with E-state index in [2.05, 4.69) is 24.3 Å². The van der Waals surface area contributed by atoms with Gasteiger partial charge < -0.3 is 28.4 Å². The number of hydrogen-bond acceptors (Lipinski definition) is 6. The summed E-state index contributed by atoms with van der Waals surface area (Å²) in [7, 11) is 0. The molecule has 10 aliphatic rings. The van der Waals surface area contributed by atoms with Gasteiger partial charge in [0.2, 0.25) is 0 Å². The molecule has 0 atom stereocenters. The lowest BCUT2D eigenvalue weighted by atomic mass is 9.44. The van der Waals surface area contributed by atoms with E-state index in [1.54, 1.807) is 23.7 Å². The summed E-state index contributed by atoms with van der Waals surface area (Å²) in [6.07, 6.45) is 20.6. The fourth-order valence-electron chi connectivity index (χ4n) is 12.4. The van der Waals surface area contributed by atoms with Crippen molar-refractivity contribution in [3.63, 3.8) is 0 Å². The van der Waals surface area contributed by atoms with E-state index in [0.717, 1.165) is 58.5 Å². The summed E-state index contributed by atoms with van der Waals surface area (Å²) in [6.45, 7) is 3.06. The lowest BCUT2D eigenvalue weighted by Crippen LogP contribution is -2.52. The van der Waals surface area contributed by atoms with Crippen molar-refractivity contribution >= 4 is 10.8 Å². The molecule has 0 radical (unpaired) electrons. The first-order valence-electron chi connectivity index (χ1n) is 18.3. The monoisotopic (exact) mass is 624 g/mol. The van der Waals surface area contributed by atoms with Crippen LogP contribution in [0, 0.1) is 35.5 Å². The summed E-state index contributed by atoms with van der Waals surface area (Å²) >= 11 is 0. The van der Waals surface area contributed by atoms with Crippen LogP contribution in [-0.4, -0.2) is 39.6 Å². The molecule has 2 heterocycles. The molecular weight excluding hydrogens is 576 g/mol. The predicted octanol–water partition coefficient (Wildman–Crippen LogP) is 8.31. The first-order valence-corrected chi connectivity index (χ1v) is 18.3. The Labute approximate surface area is 272 Å². The van der Waals surface area contributed by atoms with Crippen LogP contribution >= 0.6 is 0 Å². The fraction of sp³-hybridized carbons (Fsp3) is 0.650. The number of rotatable bonds is 14. The number of fused-ring (bicyclic) bond motifs is 1. The molecule has 8 fully saturated rings. The second-order valence-electron chi connectivity index (χ2n) is 16.6. The normalized spacial score (nSPS) is 37.1. The van der Waals surface area contributed by atoms with Gasteiger partial charge in [-0.3, -0.25) is 0 Å². The Morgan fingerprint density at radius 2 is 1.07 bits per heavy atom. The molecule has 2 aromatic carbocycles. The third-order valence-electron chi connectivity index (χ3n) is 13.3. The van der Waals surface area contributed by atoms with Gasteiger partial charge in [0.15, 0.2) is 11.5 Å². The minimum atomic E-state index is 0.283. The highest BCUT2D eigenvalue weighted by atomic mass is 16.6. The van der Waals surface area contributed by atoms with Gasteiger partial charge in [0.05, 0.1) is 13.2 Å². The topological polar surface area (TPSA) is 62.0 Å². The molecule has 6 nitrogen and oxygen atoms in total. The summed E-state index contributed by atoms with van der Waals surface area (Å²) in [5.41, 5.74) is 4.07. The van der Waals surface area contributed by atoms with Gasteiger partial charge in [0.25, 0.3) is 0 Å². The van der Waals surface area contributed by atoms with Crippen LogP contribution in [0.15, 0.2) is 48.3 Å². The standard InChI is InChI=1S/C40H48O6/c1-2-36(39-15-25-7-26(16-39)9-27(8-25)17-39)38(40-18-28-10-29(19-40)12-30(11-28)20-40)35-13-31(43-5-3-41-21-32-23-45-32)14-37(34(1)35)44-6-4-42-22-33-24-46-33/h1-2,13-14,23-30H,3-12,15-22H2. The number of benzene rings is 2. The van der Waals surface area contributed by atoms with Gasteiger partial charge in [0, 0.05) is 11.5 Å². The Balaban J connectivity index is 1.06. The molecule has 0 amide bonds. The van der Waals surface area contributed by atoms with Crippen molar-refractivity contribution in [3.05, 3.63) is 59.4 Å². The predicted molar refractivity (Wildman–Crippen MR) is 175 cm³/mol. The maximum atomic E-state index is 6.57. The average molecular weight is 625 g/mol. The van der Waals surface area contributed by atoms with Crippen molar-refractivity contribution in [2.75, 3.05) is 39.6 Å². The van der Waals surface area contributed by atoms with Crippen LogP contribution in [-0.2, 0) is 29.8 Å². The van der Waals surface area contributed by atoms with Crippen LogP contribution in [0.4, 0.5) is 0 Å². The zero-order valence-corrected chi connectivity index (χ0v) is 27.1. The van der Waals surface area contributed by atoms with E-state index in [4.69, 9.17) is 28.4 Å². The second kappa shape index (κ2) is 10.9. The summed E-state index contributed by atoms with van der Waals surface area (Å²) in [5.74, 6) is 9.08. The Hall–Kier alpha value is -2.70. The van der Waals surface area contributed by atoms with Crippen LogP contribution in [0.3, 0.4) is 0 Å².